The van der Waals surface area contributed by atoms with Gasteiger partial charge in [0.1, 0.15) is 0 Å². The van der Waals surface area contributed by atoms with Crippen LogP contribution in [-0.4, -0.2) is 12.6 Å². The van der Waals surface area contributed by atoms with Crippen LogP contribution >= 0.6 is 0 Å². The number of hydrogen-bond donors (Lipinski definition) is 2. The second kappa shape index (κ2) is 2.76. The number of rotatable bonds is 1. The highest BCUT2D eigenvalue weighted by Crippen LogP contribution is 2.44. The van der Waals surface area contributed by atoms with Gasteiger partial charge in [-0.15, -0.1) is 0 Å². The fourth-order valence-corrected chi connectivity index (χ4v) is 2.51. The van der Waals surface area contributed by atoms with Crippen LogP contribution in [0.25, 0.3) is 0 Å². The van der Waals surface area contributed by atoms with E-state index in [-0.39, 0.29) is 0 Å². The summed E-state index contributed by atoms with van der Waals surface area (Å²) in [6, 6.07) is 0.315. The van der Waals surface area contributed by atoms with Gasteiger partial charge in [-0.2, -0.15) is 0 Å². The summed E-state index contributed by atoms with van der Waals surface area (Å²) in [6.45, 7) is 7.50. The quantitative estimate of drug-likeness (QED) is 0.594. The van der Waals surface area contributed by atoms with Crippen LogP contribution in [0.4, 0.5) is 0 Å². The molecule has 0 saturated heterocycles. The van der Waals surface area contributed by atoms with E-state index in [0.717, 1.165) is 6.54 Å². The minimum atomic E-state index is 0.315. The first-order valence-corrected chi connectivity index (χ1v) is 4.44. The molecule has 1 fully saturated rings. The molecule has 0 amide bonds. The smallest absolute Gasteiger partial charge is 0.0110 e. The maximum Gasteiger partial charge on any atom is 0.0110 e. The SMILES string of the molecule is C[C@@H]1CC(C)(C)[C@@H](CN)[C@H]1N. The van der Waals surface area contributed by atoms with E-state index >= 15 is 0 Å². The molecule has 0 aromatic carbocycles. The van der Waals surface area contributed by atoms with Crippen molar-refractivity contribution >= 4 is 0 Å². The van der Waals surface area contributed by atoms with Gasteiger partial charge in [-0.05, 0) is 30.2 Å². The summed E-state index contributed by atoms with van der Waals surface area (Å²) in [5, 5.41) is 0. The van der Waals surface area contributed by atoms with Gasteiger partial charge >= 0.3 is 0 Å². The van der Waals surface area contributed by atoms with Crippen molar-refractivity contribution in [1.82, 2.24) is 0 Å². The van der Waals surface area contributed by atoms with Crippen LogP contribution in [-0.2, 0) is 0 Å². The van der Waals surface area contributed by atoms with Gasteiger partial charge in [0.05, 0.1) is 0 Å². The zero-order valence-corrected chi connectivity index (χ0v) is 7.80. The van der Waals surface area contributed by atoms with Gasteiger partial charge in [0.2, 0.25) is 0 Å². The minimum Gasteiger partial charge on any atom is -0.330 e. The van der Waals surface area contributed by atoms with Crippen LogP contribution in [0.2, 0.25) is 0 Å². The molecule has 0 heterocycles. The molecule has 0 aromatic heterocycles. The van der Waals surface area contributed by atoms with E-state index < -0.39 is 0 Å². The lowest BCUT2D eigenvalue weighted by Gasteiger charge is -2.27. The Labute approximate surface area is 69.3 Å². The summed E-state index contributed by atoms with van der Waals surface area (Å²) in [4.78, 5) is 0. The predicted octanol–water partition coefficient (Wildman–Crippen LogP) is 0.955. The average Bonchev–Trinajstić information content (AvgIpc) is 2.03. The highest BCUT2D eigenvalue weighted by molar-refractivity contribution is 4.97. The first-order chi connectivity index (χ1) is 4.99. The Morgan fingerprint density at radius 1 is 1.45 bits per heavy atom. The summed E-state index contributed by atoms with van der Waals surface area (Å²) < 4.78 is 0. The Morgan fingerprint density at radius 3 is 2.18 bits per heavy atom. The van der Waals surface area contributed by atoms with Gasteiger partial charge in [0.15, 0.2) is 0 Å². The molecule has 2 nitrogen and oxygen atoms in total. The molecule has 66 valence electrons. The molecule has 0 radical (unpaired) electrons. The molecule has 0 bridgehead atoms. The minimum absolute atomic E-state index is 0.315. The zero-order valence-electron chi connectivity index (χ0n) is 7.80. The highest BCUT2D eigenvalue weighted by Gasteiger charge is 2.43. The highest BCUT2D eigenvalue weighted by atomic mass is 14.8. The van der Waals surface area contributed by atoms with Crippen molar-refractivity contribution in [2.45, 2.75) is 33.2 Å². The molecule has 2 heteroatoms. The largest absolute Gasteiger partial charge is 0.330 e. The van der Waals surface area contributed by atoms with Crippen LogP contribution in [0.5, 0.6) is 0 Å². The average molecular weight is 156 g/mol. The van der Waals surface area contributed by atoms with E-state index in [9.17, 15) is 0 Å². The summed E-state index contributed by atoms with van der Waals surface area (Å²) in [5.74, 6) is 1.15. The van der Waals surface area contributed by atoms with E-state index in [0.29, 0.717) is 23.3 Å². The molecule has 0 aliphatic heterocycles. The Hall–Kier alpha value is -0.0800. The Morgan fingerprint density at radius 2 is 2.00 bits per heavy atom. The van der Waals surface area contributed by atoms with E-state index in [1.54, 1.807) is 0 Å². The van der Waals surface area contributed by atoms with Crippen LogP contribution in [0.15, 0.2) is 0 Å². The van der Waals surface area contributed by atoms with Gasteiger partial charge in [-0.25, -0.2) is 0 Å². The molecule has 4 N–H and O–H groups in total. The third-order valence-corrected chi connectivity index (χ3v) is 3.23. The van der Waals surface area contributed by atoms with Crippen molar-refractivity contribution in [3.8, 4) is 0 Å². The second-order valence-corrected chi connectivity index (χ2v) is 4.59. The molecule has 1 aliphatic carbocycles. The van der Waals surface area contributed by atoms with Gasteiger partial charge in [-0.1, -0.05) is 20.8 Å². The topological polar surface area (TPSA) is 52.0 Å². The van der Waals surface area contributed by atoms with Gasteiger partial charge < -0.3 is 11.5 Å². The lowest BCUT2D eigenvalue weighted by molar-refractivity contribution is 0.253. The van der Waals surface area contributed by atoms with E-state index in [1.165, 1.54) is 6.42 Å². The zero-order chi connectivity index (χ0) is 8.65. The van der Waals surface area contributed by atoms with Crippen molar-refractivity contribution < 1.29 is 0 Å². The molecule has 1 aliphatic rings. The van der Waals surface area contributed by atoms with Gasteiger partial charge in [-0.3, -0.25) is 0 Å². The standard InChI is InChI=1S/C9H20N2/c1-6-4-9(2,3)7(5-10)8(6)11/h6-8H,4-5,10-11H2,1-3H3/t6-,7+,8+/m1/s1. The maximum absolute atomic E-state index is 6.03. The molecule has 0 unspecified atom stereocenters. The van der Waals surface area contributed by atoms with Crippen LogP contribution in [0.1, 0.15) is 27.2 Å². The Bertz CT molecular complexity index is 142. The fraction of sp³-hybridized carbons (Fsp3) is 1.00. The summed E-state index contributed by atoms with van der Waals surface area (Å²) in [6.07, 6.45) is 1.22. The summed E-state index contributed by atoms with van der Waals surface area (Å²) >= 11 is 0. The van der Waals surface area contributed by atoms with E-state index in [1.807, 2.05) is 0 Å². The first kappa shape index (κ1) is 9.01. The van der Waals surface area contributed by atoms with Crippen molar-refractivity contribution in [3.63, 3.8) is 0 Å². The van der Waals surface area contributed by atoms with Crippen molar-refractivity contribution in [2.24, 2.45) is 28.7 Å². The molecular weight excluding hydrogens is 136 g/mol. The Kier molecular flexibility index (Phi) is 2.26. The van der Waals surface area contributed by atoms with E-state index in [4.69, 9.17) is 11.5 Å². The Balaban J connectivity index is 2.73. The van der Waals surface area contributed by atoms with Crippen LogP contribution < -0.4 is 11.5 Å². The molecule has 1 rings (SSSR count). The third kappa shape index (κ3) is 1.42. The predicted molar refractivity (Wildman–Crippen MR) is 48.1 cm³/mol. The second-order valence-electron chi connectivity index (χ2n) is 4.59. The first-order valence-electron chi connectivity index (χ1n) is 4.44. The summed E-state index contributed by atoms with van der Waals surface area (Å²) in [5.41, 5.74) is 12.1. The number of hydrogen-bond acceptors (Lipinski definition) is 2. The van der Waals surface area contributed by atoms with E-state index in [2.05, 4.69) is 20.8 Å². The van der Waals surface area contributed by atoms with Crippen LogP contribution in [0, 0.1) is 17.3 Å². The van der Waals surface area contributed by atoms with Gasteiger partial charge in [0, 0.05) is 6.04 Å². The fourth-order valence-electron chi connectivity index (χ4n) is 2.51. The third-order valence-electron chi connectivity index (χ3n) is 3.23. The monoisotopic (exact) mass is 156 g/mol. The molecule has 1 saturated carbocycles. The maximum atomic E-state index is 6.03. The molecule has 0 spiro atoms. The molecule has 3 atom stereocenters. The van der Waals surface area contributed by atoms with Crippen molar-refractivity contribution in [2.75, 3.05) is 6.54 Å². The molecular formula is C9H20N2. The lowest BCUT2D eigenvalue weighted by Crippen LogP contribution is -2.38. The van der Waals surface area contributed by atoms with Gasteiger partial charge in [0.25, 0.3) is 0 Å². The van der Waals surface area contributed by atoms with Crippen LogP contribution in [0.3, 0.4) is 0 Å². The normalized spacial score (nSPS) is 42.8. The number of nitrogens with two attached hydrogens (primary N) is 2. The molecule has 11 heavy (non-hydrogen) atoms. The van der Waals surface area contributed by atoms with Crippen molar-refractivity contribution in [3.05, 3.63) is 0 Å². The summed E-state index contributed by atoms with van der Waals surface area (Å²) in [7, 11) is 0. The molecule has 0 aromatic rings. The lowest BCUT2D eigenvalue weighted by atomic mass is 9.81. The van der Waals surface area contributed by atoms with Crippen molar-refractivity contribution in [1.29, 1.82) is 0 Å².